The average Bonchev–Trinajstić information content (AvgIpc) is 3.25. The maximum atomic E-state index is 12.7. The smallest absolute Gasteiger partial charge is 0.322 e. The molecule has 0 bridgehead atoms. The number of hydrogen-bond acceptors (Lipinski definition) is 5. The number of hydrazone groups is 1. The fraction of sp³-hybridized carbons (Fsp3) is 0.417. The average molecular weight is 434 g/mol. The zero-order chi connectivity index (χ0) is 22.1. The summed E-state index contributed by atoms with van der Waals surface area (Å²) in [5.41, 5.74) is 4.65. The molecule has 1 aromatic heterocycles. The Morgan fingerprint density at radius 2 is 1.91 bits per heavy atom. The molecule has 0 aliphatic carbocycles. The molecule has 1 N–H and O–H groups in total. The molecule has 0 spiro atoms. The maximum Gasteiger partial charge on any atom is 0.322 e. The van der Waals surface area contributed by atoms with Gasteiger partial charge in [-0.1, -0.05) is 25.1 Å². The Bertz CT molecular complexity index is 1020. The van der Waals surface area contributed by atoms with Gasteiger partial charge in [0.05, 0.1) is 24.0 Å². The van der Waals surface area contributed by atoms with Crippen molar-refractivity contribution in [2.75, 3.05) is 18.5 Å². The van der Waals surface area contributed by atoms with Crippen molar-refractivity contribution in [2.24, 2.45) is 11.0 Å². The van der Waals surface area contributed by atoms with E-state index in [1.807, 2.05) is 43.3 Å². The lowest BCUT2D eigenvalue weighted by Crippen LogP contribution is -2.44. The van der Waals surface area contributed by atoms with Crippen LogP contribution in [-0.4, -0.2) is 51.8 Å². The Morgan fingerprint density at radius 1 is 1.12 bits per heavy atom. The zero-order valence-corrected chi connectivity index (χ0v) is 18.2. The topological polar surface area (TPSA) is 87.1 Å². The molecule has 2 aromatic rings. The first-order valence-corrected chi connectivity index (χ1v) is 11.2. The molecule has 1 atom stereocenters. The molecule has 5 rings (SSSR count). The predicted molar refractivity (Wildman–Crippen MR) is 120 cm³/mol. The Morgan fingerprint density at radius 3 is 2.66 bits per heavy atom. The van der Waals surface area contributed by atoms with Gasteiger partial charge in [-0.2, -0.15) is 5.10 Å². The van der Waals surface area contributed by atoms with E-state index in [2.05, 4.69) is 10.3 Å². The number of rotatable bonds is 3. The van der Waals surface area contributed by atoms with Crippen molar-refractivity contribution >= 4 is 23.3 Å². The molecule has 4 heterocycles. The number of anilines is 1. The molecule has 8 heteroatoms. The van der Waals surface area contributed by atoms with Crippen molar-refractivity contribution in [1.82, 2.24) is 14.9 Å². The second-order valence-electron chi connectivity index (χ2n) is 8.65. The van der Waals surface area contributed by atoms with Crippen LogP contribution in [0, 0.1) is 5.92 Å². The van der Waals surface area contributed by atoms with Crippen LogP contribution in [0.1, 0.15) is 43.0 Å². The molecular formula is C24H27N5O3. The summed E-state index contributed by atoms with van der Waals surface area (Å²) in [5, 5.41) is 9.40. The molecule has 166 valence electrons. The summed E-state index contributed by atoms with van der Waals surface area (Å²) >= 11 is 0. The third-order valence-corrected chi connectivity index (χ3v) is 6.36. The van der Waals surface area contributed by atoms with E-state index in [0.717, 1.165) is 41.1 Å². The SMILES string of the molecule is CC1CC(=O)N(C2CCOCC2)N=C1c1ccc(NC(=O)N2Cc3cccnc3C2)cc1. The molecule has 1 saturated heterocycles. The van der Waals surface area contributed by atoms with Gasteiger partial charge in [-0.3, -0.25) is 9.78 Å². The summed E-state index contributed by atoms with van der Waals surface area (Å²) in [5.74, 6) is 0.132. The van der Waals surface area contributed by atoms with E-state index in [0.29, 0.717) is 32.7 Å². The number of urea groups is 1. The van der Waals surface area contributed by atoms with Crippen LogP contribution in [0.3, 0.4) is 0 Å². The van der Waals surface area contributed by atoms with E-state index >= 15 is 0 Å². The minimum atomic E-state index is -0.143. The van der Waals surface area contributed by atoms with E-state index in [4.69, 9.17) is 9.84 Å². The van der Waals surface area contributed by atoms with Crippen LogP contribution >= 0.6 is 0 Å². The lowest BCUT2D eigenvalue weighted by atomic mass is 9.93. The fourth-order valence-electron chi connectivity index (χ4n) is 4.55. The van der Waals surface area contributed by atoms with Crippen LogP contribution in [0.2, 0.25) is 0 Å². The van der Waals surface area contributed by atoms with Gasteiger partial charge < -0.3 is 15.0 Å². The van der Waals surface area contributed by atoms with Crippen molar-refractivity contribution in [3.05, 3.63) is 59.4 Å². The van der Waals surface area contributed by atoms with Gasteiger partial charge in [0.15, 0.2) is 0 Å². The monoisotopic (exact) mass is 433 g/mol. The Hall–Kier alpha value is -3.26. The number of hydrogen-bond donors (Lipinski definition) is 1. The van der Waals surface area contributed by atoms with Crippen molar-refractivity contribution in [3.8, 4) is 0 Å². The minimum Gasteiger partial charge on any atom is -0.381 e. The number of pyridine rings is 1. The largest absolute Gasteiger partial charge is 0.381 e. The highest BCUT2D eigenvalue weighted by molar-refractivity contribution is 6.06. The first-order chi connectivity index (χ1) is 15.6. The standard InChI is InChI=1S/C24H27N5O3/c1-16-13-22(30)29(20-8-11-32-12-9-20)27-23(16)17-4-6-19(7-5-17)26-24(31)28-14-18-3-2-10-25-21(18)15-28/h2-7,10,16,20H,8-9,11-15H2,1H3,(H,26,31). The molecule has 8 nitrogen and oxygen atoms in total. The van der Waals surface area contributed by atoms with E-state index < -0.39 is 0 Å². The number of nitrogens with zero attached hydrogens (tertiary/aromatic N) is 4. The van der Waals surface area contributed by atoms with E-state index in [-0.39, 0.29) is 23.9 Å². The number of carbonyl (C=O) groups is 2. The van der Waals surface area contributed by atoms with E-state index in [1.165, 1.54) is 0 Å². The van der Waals surface area contributed by atoms with Crippen LogP contribution in [-0.2, 0) is 22.6 Å². The molecule has 0 radical (unpaired) electrons. The second kappa shape index (κ2) is 8.70. The summed E-state index contributed by atoms with van der Waals surface area (Å²) in [6.45, 7) is 4.46. The third-order valence-electron chi connectivity index (χ3n) is 6.36. The molecule has 3 amide bonds. The van der Waals surface area contributed by atoms with Crippen LogP contribution in [0.15, 0.2) is 47.7 Å². The van der Waals surface area contributed by atoms with Gasteiger partial charge in [0.25, 0.3) is 0 Å². The quantitative estimate of drug-likeness (QED) is 0.804. The van der Waals surface area contributed by atoms with Gasteiger partial charge in [0.1, 0.15) is 0 Å². The Kier molecular flexibility index (Phi) is 5.61. The maximum absolute atomic E-state index is 12.7. The number of amides is 3. The predicted octanol–water partition coefficient (Wildman–Crippen LogP) is 3.38. The van der Waals surface area contributed by atoms with Crippen LogP contribution in [0.4, 0.5) is 10.5 Å². The lowest BCUT2D eigenvalue weighted by Gasteiger charge is -2.35. The molecule has 1 unspecified atom stereocenters. The molecule has 3 aliphatic heterocycles. The number of benzene rings is 1. The van der Waals surface area contributed by atoms with Crippen LogP contribution in [0.25, 0.3) is 0 Å². The first kappa shape index (κ1) is 20.6. The molecule has 1 aromatic carbocycles. The summed E-state index contributed by atoms with van der Waals surface area (Å²) in [7, 11) is 0. The number of aromatic nitrogens is 1. The summed E-state index contributed by atoms with van der Waals surface area (Å²) in [6, 6.07) is 11.6. The summed E-state index contributed by atoms with van der Waals surface area (Å²) in [6.07, 6.45) is 3.85. The summed E-state index contributed by atoms with van der Waals surface area (Å²) < 4.78 is 5.43. The van der Waals surface area contributed by atoms with E-state index in [9.17, 15) is 9.59 Å². The van der Waals surface area contributed by atoms with Gasteiger partial charge in [0, 0.05) is 44.0 Å². The highest BCUT2D eigenvalue weighted by Crippen LogP contribution is 2.27. The number of ether oxygens (including phenoxy) is 1. The summed E-state index contributed by atoms with van der Waals surface area (Å²) in [4.78, 5) is 31.4. The Labute approximate surface area is 187 Å². The van der Waals surface area contributed by atoms with Gasteiger partial charge in [0.2, 0.25) is 5.91 Å². The first-order valence-electron chi connectivity index (χ1n) is 11.2. The van der Waals surface area contributed by atoms with Crippen molar-refractivity contribution in [2.45, 2.75) is 45.3 Å². The van der Waals surface area contributed by atoms with Crippen molar-refractivity contribution in [3.63, 3.8) is 0 Å². The van der Waals surface area contributed by atoms with Gasteiger partial charge in [-0.05, 0) is 42.2 Å². The molecule has 32 heavy (non-hydrogen) atoms. The number of fused-ring (bicyclic) bond motifs is 1. The fourth-order valence-corrected chi connectivity index (χ4v) is 4.55. The molecular weight excluding hydrogens is 406 g/mol. The lowest BCUT2D eigenvalue weighted by molar-refractivity contribution is -0.136. The molecule has 1 fully saturated rings. The van der Waals surface area contributed by atoms with Gasteiger partial charge in [-0.15, -0.1) is 0 Å². The number of nitrogens with one attached hydrogen (secondary N) is 1. The second-order valence-corrected chi connectivity index (χ2v) is 8.65. The van der Waals surface area contributed by atoms with Crippen LogP contribution in [0.5, 0.6) is 0 Å². The molecule has 0 saturated carbocycles. The highest BCUT2D eigenvalue weighted by atomic mass is 16.5. The van der Waals surface area contributed by atoms with Crippen LogP contribution < -0.4 is 5.32 Å². The van der Waals surface area contributed by atoms with Gasteiger partial charge in [-0.25, -0.2) is 9.80 Å². The van der Waals surface area contributed by atoms with Crippen molar-refractivity contribution < 1.29 is 14.3 Å². The minimum absolute atomic E-state index is 0.0506. The normalized spacial score (nSPS) is 21.3. The number of carbonyl (C=O) groups excluding carboxylic acids is 2. The van der Waals surface area contributed by atoms with E-state index in [1.54, 1.807) is 16.1 Å². The Balaban J connectivity index is 1.27. The highest BCUT2D eigenvalue weighted by Gasteiger charge is 2.33. The van der Waals surface area contributed by atoms with Crippen molar-refractivity contribution in [1.29, 1.82) is 0 Å². The third kappa shape index (κ3) is 4.10. The molecule has 3 aliphatic rings. The van der Waals surface area contributed by atoms with Gasteiger partial charge >= 0.3 is 6.03 Å². The zero-order valence-electron chi connectivity index (χ0n) is 18.2.